The van der Waals surface area contributed by atoms with Gasteiger partial charge in [0, 0.05) is 0 Å². The lowest BCUT2D eigenvalue weighted by Crippen LogP contribution is -2.57. The summed E-state index contributed by atoms with van der Waals surface area (Å²) in [5.74, 6) is -3.59. The highest BCUT2D eigenvalue weighted by Gasteiger charge is 2.73. The molecule has 0 aromatic rings. The van der Waals surface area contributed by atoms with Crippen molar-refractivity contribution in [3.63, 3.8) is 0 Å². The molecule has 1 unspecified atom stereocenters. The van der Waals surface area contributed by atoms with Gasteiger partial charge in [0.1, 0.15) is 0 Å². The van der Waals surface area contributed by atoms with E-state index in [1.807, 2.05) is 0 Å². The summed E-state index contributed by atoms with van der Waals surface area (Å²) in [7, 11) is 0. The molecule has 2 nitrogen and oxygen atoms in total. The summed E-state index contributed by atoms with van der Waals surface area (Å²) in [6.07, 6.45) is -0.927. The van der Waals surface area contributed by atoms with Gasteiger partial charge in [-0.3, -0.25) is 0 Å². The first-order valence-electron chi connectivity index (χ1n) is 3.55. The van der Waals surface area contributed by atoms with Gasteiger partial charge < -0.3 is 9.47 Å². The van der Waals surface area contributed by atoms with E-state index >= 15 is 0 Å². The van der Waals surface area contributed by atoms with Crippen molar-refractivity contribution in [3.05, 3.63) is 0 Å². The van der Waals surface area contributed by atoms with Gasteiger partial charge in [-0.25, -0.2) is 0 Å². The van der Waals surface area contributed by atoms with Crippen molar-refractivity contribution in [2.45, 2.75) is 29.6 Å². The minimum Gasteiger partial charge on any atom is -0.335 e. The molecule has 0 aliphatic carbocycles. The van der Waals surface area contributed by atoms with E-state index in [1.54, 1.807) is 0 Å². The van der Waals surface area contributed by atoms with E-state index < -0.39 is 29.3 Å². The van der Waals surface area contributed by atoms with Gasteiger partial charge in [-0.2, -0.15) is 17.6 Å². The monoisotopic (exact) mass is 256 g/mol. The molecule has 0 aromatic heterocycles. The van der Waals surface area contributed by atoms with Crippen LogP contribution in [-0.2, 0) is 9.47 Å². The van der Waals surface area contributed by atoms with Crippen LogP contribution >= 0.6 is 23.2 Å². The molecule has 0 spiro atoms. The molecule has 1 aliphatic heterocycles. The standard InChI is InChI=1S/C6H6Cl2F4O2/c1-3-2-13-4(14-3,5(7,9)10)6(8,11)12/h3H,2H2,1H3. The van der Waals surface area contributed by atoms with Gasteiger partial charge in [-0.15, -0.1) is 0 Å². The van der Waals surface area contributed by atoms with Gasteiger partial charge in [0.2, 0.25) is 0 Å². The van der Waals surface area contributed by atoms with Crippen LogP contribution in [0.4, 0.5) is 17.6 Å². The molecule has 1 heterocycles. The Balaban J connectivity index is 3.05. The summed E-state index contributed by atoms with van der Waals surface area (Å²) in [4.78, 5) is 0. The molecule has 14 heavy (non-hydrogen) atoms. The Labute approximate surface area is 87.1 Å². The van der Waals surface area contributed by atoms with Gasteiger partial charge in [-0.05, 0) is 30.1 Å². The molecular weight excluding hydrogens is 251 g/mol. The molecule has 0 N–H and O–H groups in total. The Kier molecular flexibility index (Phi) is 2.95. The van der Waals surface area contributed by atoms with Crippen LogP contribution in [0.3, 0.4) is 0 Å². The highest BCUT2D eigenvalue weighted by atomic mass is 35.5. The molecular formula is C6H6Cl2F4O2. The van der Waals surface area contributed by atoms with E-state index in [9.17, 15) is 17.6 Å². The smallest absolute Gasteiger partial charge is 0.335 e. The van der Waals surface area contributed by atoms with E-state index in [1.165, 1.54) is 6.92 Å². The number of rotatable bonds is 2. The molecule has 0 aromatic carbocycles. The molecule has 0 amide bonds. The predicted octanol–water partition coefficient (Wildman–Crippen LogP) is 2.78. The summed E-state index contributed by atoms with van der Waals surface area (Å²) >= 11 is 9.00. The zero-order chi connectivity index (χ0) is 11.2. The third-order valence-electron chi connectivity index (χ3n) is 1.63. The van der Waals surface area contributed by atoms with E-state index in [2.05, 4.69) is 32.7 Å². The van der Waals surface area contributed by atoms with Crippen LogP contribution in [0, 0.1) is 0 Å². The van der Waals surface area contributed by atoms with Crippen molar-refractivity contribution in [2.75, 3.05) is 6.61 Å². The van der Waals surface area contributed by atoms with E-state index in [0.29, 0.717) is 0 Å². The Hall–Kier alpha value is 0.220. The van der Waals surface area contributed by atoms with Crippen LogP contribution in [-0.4, -0.2) is 29.3 Å². The lowest BCUT2D eigenvalue weighted by molar-refractivity contribution is -0.328. The molecule has 0 radical (unpaired) electrons. The van der Waals surface area contributed by atoms with Crippen molar-refractivity contribution in [1.82, 2.24) is 0 Å². The number of hydrogen-bond donors (Lipinski definition) is 0. The van der Waals surface area contributed by atoms with Crippen LogP contribution in [0.15, 0.2) is 0 Å². The average Bonchev–Trinajstić information content (AvgIpc) is 2.28. The molecule has 1 rings (SSSR count). The molecule has 0 saturated carbocycles. The fourth-order valence-electron chi connectivity index (χ4n) is 1.04. The van der Waals surface area contributed by atoms with Crippen molar-refractivity contribution >= 4 is 23.2 Å². The second-order valence-electron chi connectivity index (χ2n) is 2.85. The highest BCUT2D eigenvalue weighted by Crippen LogP contribution is 2.52. The molecule has 1 aliphatic rings. The Morgan fingerprint density at radius 2 is 1.64 bits per heavy atom. The summed E-state index contributed by atoms with van der Waals surface area (Å²) in [6.45, 7) is 0.859. The topological polar surface area (TPSA) is 18.5 Å². The first-order chi connectivity index (χ1) is 6.10. The van der Waals surface area contributed by atoms with Gasteiger partial charge in [0.25, 0.3) is 0 Å². The van der Waals surface area contributed by atoms with Crippen LogP contribution in [0.1, 0.15) is 6.92 Å². The fraction of sp³-hybridized carbons (Fsp3) is 1.00. The van der Waals surface area contributed by atoms with Crippen molar-refractivity contribution in [1.29, 1.82) is 0 Å². The van der Waals surface area contributed by atoms with Gasteiger partial charge >= 0.3 is 16.6 Å². The SMILES string of the molecule is CC1COC(C(F)(F)Cl)(C(F)(F)Cl)O1. The van der Waals surface area contributed by atoms with Crippen molar-refractivity contribution < 1.29 is 27.0 Å². The largest absolute Gasteiger partial charge is 0.382 e. The Morgan fingerprint density at radius 3 is 1.79 bits per heavy atom. The van der Waals surface area contributed by atoms with Gasteiger partial charge in [-0.1, -0.05) is 0 Å². The van der Waals surface area contributed by atoms with E-state index in [-0.39, 0.29) is 0 Å². The summed E-state index contributed by atoms with van der Waals surface area (Å²) < 4.78 is 59.3. The van der Waals surface area contributed by atoms with Crippen LogP contribution < -0.4 is 0 Å². The quantitative estimate of drug-likeness (QED) is 0.559. The van der Waals surface area contributed by atoms with Crippen molar-refractivity contribution in [3.8, 4) is 0 Å². The second kappa shape index (κ2) is 3.37. The molecule has 0 bridgehead atoms. The third kappa shape index (κ3) is 1.80. The number of ether oxygens (including phenoxy) is 2. The first-order valence-corrected chi connectivity index (χ1v) is 4.31. The predicted molar refractivity (Wildman–Crippen MR) is 40.8 cm³/mol. The van der Waals surface area contributed by atoms with Gasteiger partial charge in [0.15, 0.2) is 0 Å². The zero-order valence-corrected chi connectivity index (χ0v) is 8.38. The lowest BCUT2D eigenvalue weighted by atomic mass is 10.3. The van der Waals surface area contributed by atoms with Gasteiger partial charge in [0.05, 0.1) is 12.7 Å². The minimum absolute atomic E-state index is 0.426. The third-order valence-corrected chi connectivity index (χ3v) is 2.13. The van der Waals surface area contributed by atoms with Crippen molar-refractivity contribution in [2.24, 2.45) is 0 Å². The fourth-order valence-corrected chi connectivity index (χ4v) is 1.53. The highest BCUT2D eigenvalue weighted by molar-refractivity contribution is 6.26. The number of alkyl halides is 6. The summed E-state index contributed by atoms with van der Waals surface area (Å²) in [5.41, 5.74) is 0. The second-order valence-corrected chi connectivity index (χ2v) is 3.80. The summed E-state index contributed by atoms with van der Waals surface area (Å²) in [6, 6.07) is 0. The molecule has 8 heteroatoms. The maximum atomic E-state index is 12.7. The maximum absolute atomic E-state index is 12.7. The van der Waals surface area contributed by atoms with E-state index in [0.717, 1.165) is 0 Å². The molecule has 1 atom stereocenters. The van der Waals surface area contributed by atoms with Crippen LogP contribution in [0.25, 0.3) is 0 Å². The van der Waals surface area contributed by atoms with Crippen LogP contribution in [0.5, 0.6) is 0 Å². The molecule has 1 saturated heterocycles. The lowest BCUT2D eigenvalue weighted by Gasteiger charge is -2.33. The normalized spacial score (nSPS) is 28.1. The first kappa shape index (κ1) is 12.3. The number of halogens is 6. The minimum atomic E-state index is -4.41. The van der Waals surface area contributed by atoms with Crippen LogP contribution in [0.2, 0.25) is 0 Å². The molecule has 1 fully saturated rings. The summed E-state index contributed by atoms with van der Waals surface area (Å²) in [5, 5.41) is -8.83. The Bertz CT molecular complexity index is 211. The molecule has 84 valence electrons. The maximum Gasteiger partial charge on any atom is 0.382 e. The number of hydrogen-bond acceptors (Lipinski definition) is 2. The Morgan fingerprint density at radius 1 is 1.21 bits per heavy atom. The average molecular weight is 257 g/mol. The zero-order valence-electron chi connectivity index (χ0n) is 6.87. The van der Waals surface area contributed by atoms with E-state index in [4.69, 9.17) is 0 Å².